The molecule has 166 valence electrons. The van der Waals surface area contributed by atoms with Gasteiger partial charge in [0, 0.05) is 50.0 Å². The predicted octanol–water partition coefficient (Wildman–Crippen LogP) is 5.07. The van der Waals surface area contributed by atoms with Gasteiger partial charge in [-0.15, -0.1) is 0 Å². The molecule has 6 heteroatoms. The number of hydrogen-bond acceptors (Lipinski definition) is 3. The summed E-state index contributed by atoms with van der Waals surface area (Å²) in [5.41, 5.74) is 3.06. The van der Waals surface area contributed by atoms with Gasteiger partial charge in [0.1, 0.15) is 5.82 Å². The first-order valence-corrected chi connectivity index (χ1v) is 10.7. The molecule has 0 unspecified atom stereocenters. The summed E-state index contributed by atoms with van der Waals surface area (Å²) >= 11 is 0. The van der Waals surface area contributed by atoms with E-state index in [-0.39, 0.29) is 29.1 Å². The quantitative estimate of drug-likeness (QED) is 0.674. The van der Waals surface area contributed by atoms with E-state index in [1.165, 1.54) is 24.3 Å². The van der Waals surface area contributed by atoms with E-state index in [1.807, 2.05) is 62.9 Å². The maximum atomic E-state index is 13.3. The highest BCUT2D eigenvalue weighted by molar-refractivity contribution is 5.95. The molecule has 1 N–H and O–H groups in total. The summed E-state index contributed by atoms with van der Waals surface area (Å²) in [5, 5.41) is 2.99. The fraction of sp³-hybridized carbons (Fsp3) is 0.440. The van der Waals surface area contributed by atoms with Crippen LogP contribution in [0.1, 0.15) is 56.0 Å². The molecule has 0 saturated heterocycles. The summed E-state index contributed by atoms with van der Waals surface area (Å²) in [6.45, 7) is 6.52. The molecule has 2 amide bonds. The molecule has 2 aromatic rings. The van der Waals surface area contributed by atoms with Gasteiger partial charge < -0.3 is 15.1 Å². The summed E-state index contributed by atoms with van der Waals surface area (Å²) in [6.07, 6.45) is 2.35. The zero-order valence-electron chi connectivity index (χ0n) is 19.0. The molecule has 1 fully saturated rings. The van der Waals surface area contributed by atoms with Crippen LogP contribution >= 0.6 is 0 Å². The van der Waals surface area contributed by atoms with E-state index in [4.69, 9.17) is 0 Å². The van der Waals surface area contributed by atoms with Gasteiger partial charge in [-0.3, -0.25) is 9.59 Å². The standard InChI is InChI=1S/C25H32FN3O2/c1-25(2,3)15-23(30)27-20-10-13-22(28(4)5)18(14-20)16-29(21-11-12-21)24(31)17-6-8-19(26)9-7-17/h6-10,13-14,21H,11-12,15-16H2,1-5H3,(H,27,30). The van der Waals surface area contributed by atoms with Crippen molar-refractivity contribution in [3.05, 3.63) is 59.4 Å². The number of benzene rings is 2. The monoisotopic (exact) mass is 425 g/mol. The molecule has 0 spiro atoms. The molecular weight excluding hydrogens is 393 g/mol. The first-order chi connectivity index (χ1) is 14.5. The minimum absolute atomic E-state index is 0.0301. The summed E-state index contributed by atoms with van der Waals surface area (Å²) in [5.74, 6) is -0.491. The van der Waals surface area contributed by atoms with E-state index in [0.29, 0.717) is 18.5 Å². The molecule has 0 atom stereocenters. The van der Waals surface area contributed by atoms with E-state index in [0.717, 1.165) is 29.8 Å². The minimum Gasteiger partial charge on any atom is -0.377 e. The topological polar surface area (TPSA) is 52.7 Å². The maximum Gasteiger partial charge on any atom is 0.254 e. The number of nitrogens with zero attached hydrogens (tertiary/aromatic N) is 2. The Morgan fingerprint density at radius 2 is 1.71 bits per heavy atom. The van der Waals surface area contributed by atoms with Gasteiger partial charge in [0.15, 0.2) is 0 Å². The Labute approximate surface area is 184 Å². The van der Waals surface area contributed by atoms with Crippen LogP contribution in [-0.2, 0) is 11.3 Å². The van der Waals surface area contributed by atoms with Crippen LogP contribution in [-0.4, -0.2) is 36.9 Å². The van der Waals surface area contributed by atoms with Gasteiger partial charge in [-0.05, 0) is 66.3 Å². The van der Waals surface area contributed by atoms with Crippen LogP contribution in [0.2, 0.25) is 0 Å². The lowest BCUT2D eigenvalue weighted by atomic mass is 9.92. The van der Waals surface area contributed by atoms with Crippen LogP contribution in [0.25, 0.3) is 0 Å². The molecule has 0 heterocycles. The smallest absolute Gasteiger partial charge is 0.254 e. The molecule has 31 heavy (non-hydrogen) atoms. The number of amides is 2. The summed E-state index contributed by atoms with van der Waals surface area (Å²) in [4.78, 5) is 29.4. The third-order valence-corrected chi connectivity index (χ3v) is 5.22. The molecule has 0 radical (unpaired) electrons. The molecule has 0 aliphatic heterocycles. The van der Waals surface area contributed by atoms with Gasteiger partial charge in [-0.25, -0.2) is 4.39 Å². The Hall–Kier alpha value is -2.89. The average Bonchev–Trinajstić information content (AvgIpc) is 3.49. The molecule has 1 aliphatic rings. The lowest BCUT2D eigenvalue weighted by Crippen LogP contribution is -2.33. The molecule has 0 aromatic heterocycles. The fourth-order valence-corrected chi connectivity index (χ4v) is 3.61. The first-order valence-electron chi connectivity index (χ1n) is 10.7. The van der Waals surface area contributed by atoms with Crippen molar-refractivity contribution < 1.29 is 14.0 Å². The second kappa shape index (κ2) is 9.08. The normalized spacial score (nSPS) is 13.6. The van der Waals surface area contributed by atoms with Crippen LogP contribution < -0.4 is 10.2 Å². The van der Waals surface area contributed by atoms with Crippen molar-refractivity contribution in [2.24, 2.45) is 5.41 Å². The van der Waals surface area contributed by atoms with Gasteiger partial charge in [0.2, 0.25) is 5.91 Å². The second-order valence-corrected chi connectivity index (χ2v) is 9.69. The van der Waals surface area contributed by atoms with E-state index in [9.17, 15) is 14.0 Å². The van der Waals surface area contributed by atoms with Crippen LogP contribution in [0.4, 0.5) is 15.8 Å². The molecule has 3 rings (SSSR count). The molecular formula is C25H32FN3O2. The summed E-state index contributed by atoms with van der Waals surface area (Å²) < 4.78 is 13.3. The predicted molar refractivity (Wildman–Crippen MR) is 123 cm³/mol. The van der Waals surface area contributed by atoms with Gasteiger partial charge in [-0.2, -0.15) is 0 Å². The summed E-state index contributed by atoms with van der Waals surface area (Å²) in [7, 11) is 3.92. The summed E-state index contributed by atoms with van der Waals surface area (Å²) in [6, 6.07) is 11.7. The number of halogens is 1. The SMILES string of the molecule is CN(C)c1ccc(NC(=O)CC(C)(C)C)cc1CN(C(=O)c1ccc(F)cc1)C1CC1. The lowest BCUT2D eigenvalue weighted by Gasteiger charge is -2.26. The van der Waals surface area contributed by atoms with Crippen LogP contribution in [0.3, 0.4) is 0 Å². The first kappa shape index (κ1) is 22.8. The molecule has 2 aromatic carbocycles. The molecule has 1 aliphatic carbocycles. The number of hydrogen-bond donors (Lipinski definition) is 1. The van der Waals surface area contributed by atoms with Gasteiger partial charge >= 0.3 is 0 Å². The number of nitrogens with one attached hydrogen (secondary N) is 1. The second-order valence-electron chi connectivity index (χ2n) is 9.69. The van der Waals surface area contributed by atoms with Crippen molar-refractivity contribution in [2.45, 2.75) is 52.6 Å². The van der Waals surface area contributed by atoms with Crippen LogP contribution in [0.15, 0.2) is 42.5 Å². The van der Waals surface area contributed by atoms with Crippen molar-refractivity contribution in [3.8, 4) is 0 Å². The van der Waals surface area contributed by atoms with Crippen LogP contribution in [0, 0.1) is 11.2 Å². The Morgan fingerprint density at radius 1 is 1.06 bits per heavy atom. The highest BCUT2D eigenvalue weighted by atomic mass is 19.1. The van der Waals surface area contributed by atoms with Crippen molar-refractivity contribution in [1.82, 2.24) is 4.90 Å². The van der Waals surface area contributed by atoms with Gasteiger partial charge in [0.25, 0.3) is 5.91 Å². The number of anilines is 2. The Kier molecular flexibility index (Phi) is 6.68. The van der Waals surface area contributed by atoms with Crippen molar-refractivity contribution in [3.63, 3.8) is 0 Å². The zero-order valence-corrected chi connectivity index (χ0v) is 19.0. The average molecular weight is 426 g/mol. The minimum atomic E-state index is -0.358. The van der Waals surface area contributed by atoms with E-state index >= 15 is 0 Å². The zero-order chi connectivity index (χ0) is 22.8. The van der Waals surface area contributed by atoms with E-state index in [1.54, 1.807) is 0 Å². The Bertz CT molecular complexity index is 944. The van der Waals surface area contributed by atoms with Crippen LogP contribution in [0.5, 0.6) is 0 Å². The highest BCUT2D eigenvalue weighted by Gasteiger charge is 2.33. The molecule has 0 bridgehead atoms. The molecule has 5 nitrogen and oxygen atoms in total. The fourth-order valence-electron chi connectivity index (χ4n) is 3.61. The number of carbonyl (C=O) groups is 2. The number of rotatable bonds is 7. The third-order valence-electron chi connectivity index (χ3n) is 5.22. The van der Waals surface area contributed by atoms with Crippen molar-refractivity contribution >= 4 is 23.2 Å². The van der Waals surface area contributed by atoms with E-state index in [2.05, 4.69) is 5.32 Å². The lowest BCUT2D eigenvalue weighted by molar-refractivity contribution is -0.117. The largest absolute Gasteiger partial charge is 0.377 e. The Morgan fingerprint density at radius 3 is 2.26 bits per heavy atom. The highest BCUT2D eigenvalue weighted by Crippen LogP contribution is 2.33. The molecule has 1 saturated carbocycles. The van der Waals surface area contributed by atoms with Crippen molar-refractivity contribution in [1.29, 1.82) is 0 Å². The Balaban J connectivity index is 1.85. The van der Waals surface area contributed by atoms with Gasteiger partial charge in [-0.1, -0.05) is 20.8 Å². The number of carbonyl (C=O) groups excluding carboxylic acids is 2. The maximum absolute atomic E-state index is 13.3. The third kappa shape index (κ3) is 6.29. The van der Waals surface area contributed by atoms with E-state index < -0.39 is 0 Å². The van der Waals surface area contributed by atoms with Crippen molar-refractivity contribution in [2.75, 3.05) is 24.3 Å². The van der Waals surface area contributed by atoms with Gasteiger partial charge in [0.05, 0.1) is 0 Å².